The van der Waals surface area contributed by atoms with E-state index in [2.05, 4.69) is 37.0 Å². The Labute approximate surface area is 127 Å². The van der Waals surface area contributed by atoms with E-state index < -0.39 is 0 Å². The molecule has 0 atom stereocenters. The normalized spacial score (nSPS) is 11.5. The highest BCUT2D eigenvalue weighted by Crippen LogP contribution is 2.33. The van der Waals surface area contributed by atoms with E-state index in [0.29, 0.717) is 0 Å². The minimum atomic E-state index is 0.0474. The Bertz CT molecular complexity index is 874. The Morgan fingerprint density at radius 3 is 2.62 bits per heavy atom. The second-order valence-corrected chi connectivity index (χ2v) is 6.56. The molecule has 3 nitrogen and oxygen atoms in total. The number of benzene rings is 1. The monoisotopic (exact) mass is 298 g/mol. The van der Waals surface area contributed by atoms with Crippen molar-refractivity contribution in [1.29, 1.82) is 0 Å². The van der Waals surface area contributed by atoms with Gasteiger partial charge in [-0.2, -0.15) is 0 Å². The second-order valence-electron chi connectivity index (χ2n) is 5.70. The molecule has 1 aromatic carbocycles. The lowest BCUT2D eigenvalue weighted by Crippen LogP contribution is -2.21. The van der Waals surface area contributed by atoms with Crippen molar-refractivity contribution >= 4 is 21.6 Å². The van der Waals surface area contributed by atoms with Gasteiger partial charge in [0.25, 0.3) is 5.56 Å². The maximum atomic E-state index is 12.7. The van der Waals surface area contributed by atoms with Crippen molar-refractivity contribution in [2.75, 3.05) is 0 Å². The van der Waals surface area contributed by atoms with E-state index in [9.17, 15) is 4.79 Å². The van der Waals surface area contributed by atoms with E-state index in [-0.39, 0.29) is 11.6 Å². The lowest BCUT2D eigenvalue weighted by molar-refractivity contribution is 0.574. The lowest BCUT2D eigenvalue weighted by Gasteiger charge is -2.10. The standard InChI is InChI=1S/C17H18N2OS/c1-10(2)19-9-18-16-15(17(19)20)14(8-21-16)13-6-5-11(3)7-12(13)4/h5-10H,1-4H3. The first-order chi connectivity index (χ1) is 9.99. The average Bonchev–Trinajstić information content (AvgIpc) is 2.83. The number of nitrogens with zero attached hydrogens (tertiary/aromatic N) is 2. The van der Waals surface area contributed by atoms with E-state index in [1.165, 1.54) is 22.5 Å². The zero-order valence-corrected chi connectivity index (χ0v) is 13.5. The Morgan fingerprint density at radius 1 is 1.19 bits per heavy atom. The molecule has 0 radical (unpaired) electrons. The van der Waals surface area contributed by atoms with Gasteiger partial charge in [0.1, 0.15) is 4.83 Å². The molecule has 0 aliphatic carbocycles. The molecule has 0 saturated carbocycles. The van der Waals surface area contributed by atoms with Crippen LogP contribution in [0.4, 0.5) is 0 Å². The Hall–Kier alpha value is -1.94. The predicted octanol–water partition coefficient (Wildman–Crippen LogP) is 4.32. The smallest absolute Gasteiger partial charge is 0.262 e. The van der Waals surface area contributed by atoms with Gasteiger partial charge in [-0.15, -0.1) is 11.3 Å². The number of hydrogen-bond donors (Lipinski definition) is 0. The van der Waals surface area contributed by atoms with Crippen LogP contribution in [0.15, 0.2) is 34.7 Å². The van der Waals surface area contributed by atoms with Gasteiger partial charge in [-0.25, -0.2) is 4.98 Å². The van der Waals surface area contributed by atoms with Crippen LogP contribution in [0.3, 0.4) is 0 Å². The summed E-state index contributed by atoms with van der Waals surface area (Å²) in [7, 11) is 0. The molecular formula is C17H18N2OS. The molecule has 0 spiro atoms. The number of hydrogen-bond acceptors (Lipinski definition) is 3. The maximum absolute atomic E-state index is 12.7. The van der Waals surface area contributed by atoms with Crippen molar-refractivity contribution in [3.8, 4) is 11.1 Å². The number of aromatic nitrogens is 2. The molecule has 0 amide bonds. The van der Waals surface area contributed by atoms with Gasteiger partial charge in [0.15, 0.2) is 0 Å². The molecule has 0 N–H and O–H groups in total. The van der Waals surface area contributed by atoms with E-state index >= 15 is 0 Å². The number of fused-ring (bicyclic) bond motifs is 1. The highest BCUT2D eigenvalue weighted by Gasteiger charge is 2.15. The molecule has 3 aromatic rings. The zero-order chi connectivity index (χ0) is 15.1. The summed E-state index contributed by atoms with van der Waals surface area (Å²) in [6, 6.07) is 6.44. The van der Waals surface area contributed by atoms with Crippen LogP contribution in [-0.2, 0) is 0 Å². The summed E-state index contributed by atoms with van der Waals surface area (Å²) in [5.41, 5.74) is 4.58. The van der Waals surface area contributed by atoms with E-state index in [1.807, 2.05) is 19.2 Å². The van der Waals surface area contributed by atoms with Crippen molar-refractivity contribution in [2.45, 2.75) is 33.7 Å². The summed E-state index contributed by atoms with van der Waals surface area (Å²) in [6.45, 7) is 8.16. The van der Waals surface area contributed by atoms with Gasteiger partial charge in [-0.1, -0.05) is 23.8 Å². The largest absolute Gasteiger partial charge is 0.296 e. The van der Waals surface area contributed by atoms with Crippen molar-refractivity contribution in [2.24, 2.45) is 0 Å². The van der Waals surface area contributed by atoms with Gasteiger partial charge in [0.2, 0.25) is 0 Å². The maximum Gasteiger partial charge on any atom is 0.262 e. The SMILES string of the molecule is Cc1ccc(-c2csc3ncn(C(C)C)c(=O)c23)c(C)c1. The molecule has 2 aromatic heterocycles. The summed E-state index contributed by atoms with van der Waals surface area (Å²) in [5, 5.41) is 2.78. The molecular weight excluding hydrogens is 280 g/mol. The van der Waals surface area contributed by atoms with Crippen LogP contribution < -0.4 is 5.56 Å². The molecule has 0 fully saturated rings. The van der Waals surface area contributed by atoms with Crippen molar-refractivity contribution in [3.63, 3.8) is 0 Å². The van der Waals surface area contributed by atoms with Gasteiger partial charge in [0, 0.05) is 17.0 Å². The second kappa shape index (κ2) is 5.11. The quantitative estimate of drug-likeness (QED) is 0.706. The van der Waals surface area contributed by atoms with Crippen molar-refractivity contribution in [1.82, 2.24) is 9.55 Å². The van der Waals surface area contributed by atoms with Crippen LogP contribution in [0.25, 0.3) is 21.3 Å². The minimum absolute atomic E-state index is 0.0474. The van der Waals surface area contributed by atoms with Crippen LogP contribution in [0.1, 0.15) is 31.0 Å². The minimum Gasteiger partial charge on any atom is -0.296 e. The molecule has 2 heterocycles. The molecule has 108 valence electrons. The Morgan fingerprint density at radius 2 is 1.95 bits per heavy atom. The number of aryl methyl sites for hydroxylation is 2. The number of rotatable bonds is 2. The molecule has 21 heavy (non-hydrogen) atoms. The van der Waals surface area contributed by atoms with Gasteiger partial charge in [0.05, 0.1) is 11.7 Å². The average molecular weight is 298 g/mol. The summed E-state index contributed by atoms with van der Waals surface area (Å²) in [6.07, 6.45) is 1.65. The summed E-state index contributed by atoms with van der Waals surface area (Å²) < 4.78 is 1.70. The third kappa shape index (κ3) is 2.29. The third-order valence-corrected chi connectivity index (χ3v) is 4.63. The fourth-order valence-corrected chi connectivity index (χ4v) is 3.52. The van der Waals surface area contributed by atoms with Crippen LogP contribution in [-0.4, -0.2) is 9.55 Å². The number of thiophene rings is 1. The molecule has 0 aliphatic rings. The van der Waals surface area contributed by atoms with E-state index in [4.69, 9.17) is 0 Å². The Balaban J connectivity index is 2.33. The molecule has 3 rings (SSSR count). The molecule has 0 aliphatic heterocycles. The first kappa shape index (κ1) is 14.0. The van der Waals surface area contributed by atoms with Crippen LogP contribution >= 0.6 is 11.3 Å². The van der Waals surface area contributed by atoms with E-state index in [1.54, 1.807) is 10.9 Å². The van der Waals surface area contributed by atoms with Crippen molar-refractivity contribution in [3.05, 3.63) is 51.4 Å². The van der Waals surface area contributed by atoms with Crippen LogP contribution in [0.2, 0.25) is 0 Å². The first-order valence-electron chi connectivity index (χ1n) is 7.05. The topological polar surface area (TPSA) is 34.9 Å². The summed E-state index contributed by atoms with van der Waals surface area (Å²) in [4.78, 5) is 18.0. The van der Waals surface area contributed by atoms with Crippen molar-refractivity contribution < 1.29 is 0 Å². The van der Waals surface area contributed by atoms with Gasteiger partial charge < -0.3 is 0 Å². The molecule has 0 bridgehead atoms. The Kier molecular flexibility index (Phi) is 3.41. The highest BCUT2D eigenvalue weighted by molar-refractivity contribution is 7.17. The summed E-state index contributed by atoms with van der Waals surface area (Å²) in [5.74, 6) is 0. The van der Waals surface area contributed by atoms with E-state index in [0.717, 1.165) is 21.3 Å². The van der Waals surface area contributed by atoms with Crippen LogP contribution in [0, 0.1) is 13.8 Å². The van der Waals surface area contributed by atoms with Gasteiger partial charge in [-0.05, 0) is 38.8 Å². The van der Waals surface area contributed by atoms with Crippen LogP contribution in [0.5, 0.6) is 0 Å². The first-order valence-corrected chi connectivity index (χ1v) is 7.93. The highest BCUT2D eigenvalue weighted by atomic mass is 32.1. The van der Waals surface area contributed by atoms with Gasteiger partial charge in [-0.3, -0.25) is 9.36 Å². The fraction of sp³-hybridized carbons (Fsp3) is 0.294. The summed E-state index contributed by atoms with van der Waals surface area (Å²) >= 11 is 1.53. The fourth-order valence-electron chi connectivity index (χ4n) is 2.63. The third-order valence-electron chi connectivity index (χ3n) is 3.75. The molecule has 4 heteroatoms. The molecule has 0 unspecified atom stereocenters. The predicted molar refractivity (Wildman–Crippen MR) is 89.2 cm³/mol. The lowest BCUT2D eigenvalue weighted by atomic mass is 9.99. The molecule has 0 saturated heterocycles. The van der Waals surface area contributed by atoms with Gasteiger partial charge >= 0.3 is 0 Å². The zero-order valence-electron chi connectivity index (χ0n) is 12.7.